The summed E-state index contributed by atoms with van der Waals surface area (Å²) in [7, 11) is 1.58. The van der Waals surface area contributed by atoms with E-state index in [2.05, 4.69) is 15.9 Å². The number of allylic oxidation sites excluding steroid dienone is 1. The second kappa shape index (κ2) is 7.00. The van der Waals surface area contributed by atoms with Crippen LogP contribution in [-0.4, -0.2) is 17.8 Å². The fraction of sp³-hybridized carbons (Fsp3) is 0.0625. The molecule has 112 valence electrons. The Morgan fingerprint density at radius 1 is 1.23 bits per heavy atom. The topological polar surface area (TPSA) is 69.4 Å². The molecule has 0 amide bonds. The Bertz CT molecular complexity index is 738. The molecule has 0 N–H and O–H groups in total. The number of halogens is 1. The molecule has 5 nitrogen and oxygen atoms in total. The van der Waals surface area contributed by atoms with Crippen LogP contribution >= 0.6 is 15.9 Å². The number of hydrogen-bond acceptors (Lipinski definition) is 4. The van der Waals surface area contributed by atoms with Crippen LogP contribution in [0.5, 0.6) is 5.75 Å². The van der Waals surface area contributed by atoms with Gasteiger partial charge in [-0.1, -0.05) is 12.1 Å². The van der Waals surface area contributed by atoms with Crippen LogP contribution in [0.25, 0.3) is 6.08 Å². The highest BCUT2D eigenvalue weighted by molar-refractivity contribution is 9.10. The largest absolute Gasteiger partial charge is 0.496 e. The average molecular weight is 362 g/mol. The highest BCUT2D eigenvalue weighted by Crippen LogP contribution is 2.26. The van der Waals surface area contributed by atoms with E-state index in [1.54, 1.807) is 19.3 Å². The molecule has 0 spiro atoms. The minimum Gasteiger partial charge on any atom is -0.496 e. The number of benzene rings is 2. The number of ketones is 1. The molecule has 6 heteroatoms. The van der Waals surface area contributed by atoms with Crippen LogP contribution in [0.1, 0.15) is 15.9 Å². The number of carbonyl (C=O) groups is 1. The van der Waals surface area contributed by atoms with Gasteiger partial charge >= 0.3 is 0 Å². The van der Waals surface area contributed by atoms with Crippen molar-refractivity contribution in [1.82, 2.24) is 0 Å². The maximum Gasteiger partial charge on any atom is 0.269 e. The number of methoxy groups -OCH3 is 1. The molecular weight excluding hydrogens is 350 g/mol. The van der Waals surface area contributed by atoms with Gasteiger partial charge in [-0.25, -0.2) is 0 Å². The summed E-state index contributed by atoms with van der Waals surface area (Å²) in [5, 5.41) is 10.6. The molecule has 0 aromatic heterocycles. The Hall–Kier alpha value is -2.47. The number of nitro groups is 1. The predicted molar refractivity (Wildman–Crippen MR) is 87.2 cm³/mol. The van der Waals surface area contributed by atoms with Crippen molar-refractivity contribution in [2.75, 3.05) is 7.11 Å². The van der Waals surface area contributed by atoms with Gasteiger partial charge in [0, 0.05) is 17.7 Å². The lowest BCUT2D eigenvalue weighted by molar-refractivity contribution is -0.384. The Kier molecular flexibility index (Phi) is 5.06. The first kappa shape index (κ1) is 15.9. The van der Waals surface area contributed by atoms with Crippen LogP contribution in [0, 0.1) is 10.1 Å². The SMILES string of the molecule is COc1ccc(/C=C/C(=O)c2ccc([N+](=O)[O-])cc2)cc1Br. The molecule has 0 bridgehead atoms. The maximum atomic E-state index is 12.0. The summed E-state index contributed by atoms with van der Waals surface area (Å²) in [6.07, 6.45) is 3.10. The van der Waals surface area contributed by atoms with E-state index < -0.39 is 4.92 Å². The Labute approximate surface area is 135 Å². The molecule has 2 rings (SSSR count). The van der Waals surface area contributed by atoms with Crippen LogP contribution in [0.15, 0.2) is 53.0 Å². The van der Waals surface area contributed by atoms with Crippen LogP contribution in [0.4, 0.5) is 5.69 Å². The summed E-state index contributed by atoms with van der Waals surface area (Å²) in [6.45, 7) is 0. The average Bonchev–Trinajstić information content (AvgIpc) is 2.52. The summed E-state index contributed by atoms with van der Waals surface area (Å²) in [6, 6.07) is 10.9. The van der Waals surface area contributed by atoms with E-state index in [-0.39, 0.29) is 11.5 Å². The third-order valence-electron chi connectivity index (χ3n) is 2.97. The predicted octanol–water partition coefficient (Wildman–Crippen LogP) is 4.26. The van der Waals surface area contributed by atoms with E-state index in [9.17, 15) is 14.9 Å². The highest BCUT2D eigenvalue weighted by atomic mass is 79.9. The van der Waals surface area contributed by atoms with Crippen LogP contribution in [0.3, 0.4) is 0 Å². The summed E-state index contributed by atoms with van der Waals surface area (Å²) in [5.41, 5.74) is 1.19. The normalized spacial score (nSPS) is 10.6. The smallest absolute Gasteiger partial charge is 0.269 e. The number of non-ortho nitro benzene ring substituents is 1. The molecule has 2 aromatic rings. The highest BCUT2D eigenvalue weighted by Gasteiger charge is 2.07. The molecule has 2 aromatic carbocycles. The fourth-order valence-electron chi connectivity index (χ4n) is 1.80. The molecule has 0 unspecified atom stereocenters. The standard InChI is InChI=1S/C16H12BrNO4/c1-22-16-9-3-11(10-14(16)17)2-8-15(19)12-4-6-13(7-5-12)18(20)21/h2-10H,1H3/b8-2+. The van der Waals surface area contributed by atoms with E-state index in [0.29, 0.717) is 11.3 Å². The van der Waals surface area contributed by atoms with E-state index in [4.69, 9.17) is 4.74 Å². The van der Waals surface area contributed by atoms with Crippen LogP contribution in [0.2, 0.25) is 0 Å². The number of nitrogens with zero attached hydrogens (tertiary/aromatic N) is 1. The first-order valence-corrected chi connectivity index (χ1v) is 7.11. The third-order valence-corrected chi connectivity index (χ3v) is 3.59. The van der Waals surface area contributed by atoms with Gasteiger partial charge in [0.25, 0.3) is 5.69 Å². The van der Waals surface area contributed by atoms with Gasteiger partial charge in [0.2, 0.25) is 0 Å². The molecule has 0 heterocycles. The monoisotopic (exact) mass is 361 g/mol. The lowest BCUT2D eigenvalue weighted by Gasteiger charge is -2.03. The van der Waals surface area contributed by atoms with E-state index in [1.165, 1.54) is 30.3 Å². The van der Waals surface area contributed by atoms with E-state index in [1.807, 2.05) is 12.1 Å². The third kappa shape index (κ3) is 3.79. The van der Waals surface area contributed by atoms with Crippen molar-refractivity contribution in [3.63, 3.8) is 0 Å². The van der Waals surface area contributed by atoms with Gasteiger partial charge in [-0.2, -0.15) is 0 Å². The number of hydrogen-bond donors (Lipinski definition) is 0. The molecule has 0 fully saturated rings. The van der Waals surface area contributed by atoms with E-state index in [0.717, 1.165) is 10.0 Å². The number of rotatable bonds is 5. The van der Waals surface area contributed by atoms with Crippen molar-refractivity contribution in [3.05, 3.63) is 74.3 Å². The van der Waals surface area contributed by atoms with Crippen LogP contribution < -0.4 is 4.74 Å². The second-order valence-electron chi connectivity index (χ2n) is 4.40. The van der Waals surface area contributed by atoms with Crippen molar-refractivity contribution in [2.24, 2.45) is 0 Å². The van der Waals surface area contributed by atoms with Crippen molar-refractivity contribution in [1.29, 1.82) is 0 Å². The van der Waals surface area contributed by atoms with Crippen molar-refractivity contribution in [3.8, 4) is 5.75 Å². The number of ether oxygens (including phenoxy) is 1. The van der Waals surface area contributed by atoms with Crippen molar-refractivity contribution in [2.45, 2.75) is 0 Å². The van der Waals surface area contributed by atoms with Gasteiger partial charge in [0.15, 0.2) is 5.78 Å². The molecule has 0 saturated heterocycles. The molecule has 0 saturated carbocycles. The van der Waals surface area contributed by atoms with Gasteiger partial charge in [0.05, 0.1) is 16.5 Å². The molecule has 0 radical (unpaired) electrons. The Morgan fingerprint density at radius 3 is 2.45 bits per heavy atom. The lowest BCUT2D eigenvalue weighted by Crippen LogP contribution is -1.95. The minimum absolute atomic E-state index is 0.0420. The quantitative estimate of drug-likeness (QED) is 0.345. The van der Waals surface area contributed by atoms with Gasteiger partial charge in [0.1, 0.15) is 5.75 Å². The second-order valence-corrected chi connectivity index (χ2v) is 5.25. The molecule has 0 aliphatic rings. The number of nitro benzene ring substituents is 1. The van der Waals surface area contributed by atoms with Crippen molar-refractivity contribution < 1.29 is 14.5 Å². The molecule has 0 atom stereocenters. The summed E-state index contributed by atoms with van der Waals surface area (Å²) in [5.74, 6) is 0.487. The van der Waals surface area contributed by atoms with Crippen molar-refractivity contribution >= 4 is 33.5 Å². The zero-order valence-electron chi connectivity index (χ0n) is 11.7. The maximum absolute atomic E-state index is 12.0. The zero-order chi connectivity index (χ0) is 16.1. The molecule has 22 heavy (non-hydrogen) atoms. The summed E-state index contributed by atoms with van der Waals surface area (Å²) >= 11 is 3.37. The molecule has 0 aliphatic heterocycles. The van der Waals surface area contributed by atoms with Gasteiger partial charge < -0.3 is 4.74 Å². The number of carbonyl (C=O) groups excluding carboxylic acids is 1. The van der Waals surface area contributed by atoms with Crippen LogP contribution in [-0.2, 0) is 0 Å². The van der Waals surface area contributed by atoms with Gasteiger partial charge in [-0.15, -0.1) is 0 Å². The fourth-order valence-corrected chi connectivity index (χ4v) is 2.36. The minimum atomic E-state index is -0.501. The molecule has 0 aliphatic carbocycles. The Balaban J connectivity index is 2.14. The van der Waals surface area contributed by atoms with Gasteiger partial charge in [-0.3, -0.25) is 14.9 Å². The summed E-state index contributed by atoms with van der Waals surface area (Å²) in [4.78, 5) is 22.1. The Morgan fingerprint density at radius 2 is 1.91 bits per heavy atom. The van der Waals surface area contributed by atoms with E-state index >= 15 is 0 Å². The summed E-state index contributed by atoms with van der Waals surface area (Å²) < 4.78 is 5.92. The molecular formula is C16H12BrNO4. The first-order chi connectivity index (χ1) is 10.5. The van der Waals surface area contributed by atoms with Gasteiger partial charge in [-0.05, 0) is 51.8 Å². The first-order valence-electron chi connectivity index (χ1n) is 6.31. The lowest BCUT2D eigenvalue weighted by atomic mass is 10.1. The zero-order valence-corrected chi connectivity index (χ0v) is 13.2.